The van der Waals surface area contributed by atoms with Gasteiger partial charge in [0.25, 0.3) is 0 Å². The molecule has 2 fully saturated rings. The molecule has 2 aromatic heterocycles. The van der Waals surface area contributed by atoms with Crippen molar-refractivity contribution < 1.29 is 80.3 Å². The SMILES string of the molecule is C=C(C)C(=C)Oc1ccc(C(C)CC2C(=O)N(c3ccc(OC(=O)C(=C)C)cc3)C(=O)C2C)cc1.CC(CC1C(=O)N(c2ccc(OC(=O)c3ccc(OCCCCCCOc4ccc5ccc(=O)oc5c4)cc3)cc2)C(=O)C1C)c1ccc(OC(=O)c2ccc(OCCCCCCOc3ccc4ccc(=O)oc4c3)cc2)cc1. The third kappa shape index (κ3) is 21.8. The molecule has 2 aliphatic rings. The molecule has 2 aliphatic heterocycles. The smallest absolute Gasteiger partial charge is 0.343 e. The van der Waals surface area contributed by atoms with Crippen LogP contribution in [0.25, 0.3) is 21.9 Å². The molecule has 8 aromatic carbocycles. The van der Waals surface area contributed by atoms with Gasteiger partial charge in [-0.25, -0.2) is 24.0 Å². The number of allylic oxidation sites excluding steroid dienone is 1. The summed E-state index contributed by atoms with van der Waals surface area (Å²) in [6, 6.07) is 58.1. The third-order valence-electron chi connectivity index (χ3n) is 20.0. The van der Waals surface area contributed by atoms with E-state index in [4.69, 9.17) is 46.7 Å². The van der Waals surface area contributed by atoms with Crippen LogP contribution in [0.4, 0.5) is 11.4 Å². The largest absolute Gasteiger partial charge is 0.494 e. The summed E-state index contributed by atoms with van der Waals surface area (Å²) in [4.78, 5) is 117. The fourth-order valence-electron chi connectivity index (χ4n) is 13.2. The molecular formula is C93H92N2O19. The van der Waals surface area contributed by atoms with Crippen molar-refractivity contribution in [2.75, 3.05) is 36.2 Å². The van der Waals surface area contributed by atoms with Crippen molar-refractivity contribution in [3.63, 3.8) is 0 Å². The van der Waals surface area contributed by atoms with Gasteiger partial charge in [-0.2, -0.15) is 0 Å². The van der Waals surface area contributed by atoms with Gasteiger partial charge in [-0.1, -0.05) is 71.7 Å². The fraction of sp³-hybridized carbons (Fsp3) is 0.280. The molecule has 4 amide bonds. The zero-order chi connectivity index (χ0) is 81.0. The summed E-state index contributed by atoms with van der Waals surface area (Å²) in [6.07, 6.45) is 8.26. The summed E-state index contributed by atoms with van der Waals surface area (Å²) in [5.41, 5.74) is 4.79. The van der Waals surface area contributed by atoms with E-state index in [1.165, 1.54) is 21.9 Å². The Morgan fingerprint density at radius 1 is 0.368 bits per heavy atom. The summed E-state index contributed by atoms with van der Waals surface area (Å²) >= 11 is 0. The van der Waals surface area contributed by atoms with E-state index in [2.05, 4.69) is 19.7 Å². The predicted octanol–water partition coefficient (Wildman–Crippen LogP) is 18.6. The van der Waals surface area contributed by atoms with Crippen LogP contribution in [0.1, 0.15) is 149 Å². The number of hydrogen-bond donors (Lipinski definition) is 0. The van der Waals surface area contributed by atoms with Crippen LogP contribution in [0.3, 0.4) is 0 Å². The molecule has 4 heterocycles. The van der Waals surface area contributed by atoms with Crippen LogP contribution in [-0.4, -0.2) is 68.0 Å². The first-order valence-electron chi connectivity index (χ1n) is 38.2. The second kappa shape index (κ2) is 38.8. The number of unbranched alkanes of at least 4 members (excludes halogenated alkanes) is 6. The number of amides is 4. The Hall–Kier alpha value is -12.9. The lowest BCUT2D eigenvalue weighted by atomic mass is 9.85. The van der Waals surface area contributed by atoms with E-state index >= 15 is 0 Å². The van der Waals surface area contributed by atoms with Crippen LogP contribution in [0.15, 0.2) is 261 Å². The maximum absolute atomic E-state index is 13.8. The van der Waals surface area contributed by atoms with Crippen molar-refractivity contribution in [2.24, 2.45) is 23.7 Å². The maximum Gasteiger partial charge on any atom is 0.343 e. The van der Waals surface area contributed by atoms with Crippen molar-refractivity contribution in [1.29, 1.82) is 0 Å². The normalized spacial score (nSPS) is 15.7. The van der Waals surface area contributed by atoms with E-state index < -0.39 is 52.8 Å². The van der Waals surface area contributed by atoms with E-state index in [9.17, 15) is 43.2 Å². The Bertz CT molecular complexity index is 5240. The molecule has 21 heteroatoms. The molecular weight excluding hydrogens is 1450 g/mol. The minimum absolute atomic E-state index is 0.0569. The summed E-state index contributed by atoms with van der Waals surface area (Å²) < 4.78 is 56.0. The predicted molar refractivity (Wildman–Crippen MR) is 434 cm³/mol. The second-order valence-electron chi connectivity index (χ2n) is 28.6. The first-order valence-corrected chi connectivity index (χ1v) is 38.2. The second-order valence-corrected chi connectivity index (χ2v) is 28.6. The quantitative estimate of drug-likeness (QED) is 0.00522. The Morgan fingerprint density at radius 2 is 0.684 bits per heavy atom. The Balaban J connectivity index is 0.000000305. The summed E-state index contributed by atoms with van der Waals surface area (Å²) in [6.45, 7) is 24.3. The van der Waals surface area contributed by atoms with Crippen LogP contribution in [0, 0.1) is 23.7 Å². The molecule has 6 unspecified atom stereocenters. The van der Waals surface area contributed by atoms with E-state index in [0.717, 1.165) is 78.8 Å². The number of nitrogens with zero attached hydrogens (tertiary/aromatic N) is 2. The first kappa shape index (κ1) is 82.1. The number of fused-ring (bicyclic) bond motifs is 2. The van der Waals surface area contributed by atoms with Gasteiger partial charge in [-0.15, -0.1) is 0 Å². The molecule has 114 heavy (non-hydrogen) atoms. The number of imide groups is 2. The minimum Gasteiger partial charge on any atom is -0.494 e. The lowest BCUT2D eigenvalue weighted by Gasteiger charge is -2.19. The topological polar surface area (TPSA) is 260 Å². The zero-order valence-electron chi connectivity index (χ0n) is 64.8. The molecule has 0 N–H and O–H groups in total. The molecule has 6 atom stereocenters. The molecule has 0 bridgehead atoms. The number of benzene rings is 8. The van der Waals surface area contributed by atoms with E-state index in [1.807, 2.05) is 81.4 Å². The lowest BCUT2D eigenvalue weighted by molar-refractivity contribution is -0.130. The Morgan fingerprint density at radius 3 is 1.04 bits per heavy atom. The number of esters is 3. The Labute approximate surface area is 661 Å². The van der Waals surface area contributed by atoms with Gasteiger partial charge in [-0.05, 0) is 264 Å². The highest BCUT2D eigenvalue weighted by Gasteiger charge is 2.47. The molecule has 0 aliphatic carbocycles. The van der Waals surface area contributed by atoms with Gasteiger partial charge in [-0.3, -0.25) is 29.0 Å². The molecule has 10 aromatic rings. The number of carbonyl (C=O) groups excluding carboxylic acids is 7. The standard InChI is InChI=1S/C64H61NO14.C29H31NO5/c1-42(44-11-27-52(28-12-44)76-63(70)47-15-23-50(24-16-47)72-35-7-3-5-9-37-74-54-29-13-45-19-33-59(66)78-57(45)40-54)39-56-43(2)61(68)65(62(56)69)49-21-31-53(32-22-49)77-64(71)48-17-25-51(26-18-48)73-36-8-4-6-10-38-75-55-30-14-46-20-34-60(67)79-58(46)41-55;1-17(2)21(7)34-24-12-8-22(9-13-24)19(5)16-26-20(6)27(31)30(28(26)32)23-10-14-25(15-11-23)35-29(33)18(3)4/h11-34,40-43,56H,3-10,35-39H2,1-2H3;8-15,19-20,26H,1,3,7,16H2,2,4-6H3. The van der Waals surface area contributed by atoms with Gasteiger partial charge in [0.15, 0.2) is 0 Å². The monoisotopic (exact) mass is 1540 g/mol. The molecule has 0 radical (unpaired) electrons. The molecule has 0 saturated carbocycles. The van der Waals surface area contributed by atoms with Crippen molar-refractivity contribution in [1.82, 2.24) is 0 Å². The highest BCUT2D eigenvalue weighted by Crippen LogP contribution is 2.40. The van der Waals surface area contributed by atoms with Crippen LogP contribution in [-0.2, 0) is 24.0 Å². The van der Waals surface area contributed by atoms with Crippen LogP contribution in [0.2, 0.25) is 0 Å². The average molecular weight is 1540 g/mol. The minimum atomic E-state index is -0.564. The summed E-state index contributed by atoms with van der Waals surface area (Å²) in [7, 11) is 0. The van der Waals surface area contributed by atoms with Crippen LogP contribution >= 0.6 is 0 Å². The molecule has 0 spiro atoms. The summed E-state index contributed by atoms with van der Waals surface area (Å²) in [5.74, 6) is 0.0656. The third-order valence-corrected chi connectivity index (χ3v) is 20.0. The lowest BCUT2D eigenvalue weighted by Crippen LogP contribution is -2.31. The van der Waals surface area contributed by atoms with E-state index in [1.54, 1.807) is 154 Å². The Kier molecular flexibility index (Phi) is 28.0. The van der Waals surface area contributed by atoms with Crippen LogP contribution < -0.4 is 58.9 Å². The highest BCUT2D eigenvalue weighted by molar-refractivity contribution is 6.22. The number of anilines is 2. The highest BCUT2D eigenvalue weighted by atomic mass is 16.5. The average Bonchev–Trinajstić information content (AvgIpc) is 1.64. The molecule has 12 rings (SSSR count). The fourth-order valence-corrected chi connectivity index (χ4v) is 13.2. The van der Waals surface area contributed by atoms with E-state index in [0.29, 0.717) is 119 Å². The van der Waals surface area contributed by atoms with Crippen molar-refractivity contribution in [3.05, 3.63) is 286 Å². The van der Waals surface area contributed by atoms with Gasteiger partial charge in [0, 0.05) is 52.4 Å². The van der Waals surface area contributed by atoms with Crippen molar-refractivity contribution in [2.45, 2.75) is 118 Å². The zero-order valence-corrected chi connectivity index (χ0v) is 64.8. The number of ether oxygens (including phenoxy) is 8. The van der Waals surface area contributed by atoms with Crippen molar-refractivity contribution >= 4 is 74.8 Å². The number of rotatable bonds is 35. The van der Waals surface area contributed by atoms with Gasteiger partial charge in [0.05, 0.1) is 60.8 Å². The van der Waals surface area contributed by atoms with Gasteiger partial charge in [0.2, 0.25) is 23.6 Å². The van der Waals surface area contributed by atoms with Gasteiger partial charge in [0.1, 0.15) is 62.9 Å². The molecule has 588 valence electrons. The number of hydrogen-bond acceptors (Lipinski definition) is 19. The van der Waals surface area contributed by atoms with Gasteiger partial charge < -0.3 is 46.7 Å². The molecule has 2 saturated heterocycles. The first-order chi connectivity index (χ1) is 54.9. The molecule has 21 nitrogen and oxygen atoms in total. The van der Waals surface area contributed by atoms with Gasteiger partial charge >= 0.3 is 29.2 Å². The number of carbonyl (C=O) groups is 7. The van der Waals surface area contributed by atoms with Crippen LogP contribution in [0.5, 0.6) is 46.0 Å². The van der Waals surface area contributed by atoms with Crippen molar-refractivity contribution in [3.8, 4) is 46.0 Å². The maximum atomic E-state index is 13.8. The van der Waals surface area contributed by atoms with E-state index in [-0.39, 0.29) is 46.8 Å². The summed E-state index contributed by atoms with van der Waals surface area (Å²) in [5, 5.41) is 1.68.